The molecule has 0 bridgehead atoms. The van der Waals surface area contributed by atoms with Gasteiger partial charge in [-0.05, 0) is 17.7 Å². The highest BCUT2D eigenvalue weighted by molar-refractivity contribution is 6.03. The Morgan fingerprint density at radius 1 is 1.08 bits per heavy atom. The second-order valence-electron chi connectivity index (χ2n) is 5.79. The van der Waals surface area contributed by atoms with Crippen LogP contribution in [0.25, 0.3) is 5.70 Å². The van der Waals surface area contributed by atoms with Crippen LogP contribution in [0.2, 0.25) is 0 Å². The molecular weight excluding hydrogens is 334 g/mol. The van der Waals surface area contributed by atoms with E-state index in [0.717, 1.165) is 11.3 Å². The third-order valence-electron chi connectivity index (χ3n) is 4.03. The number of rotatable bonds is 5. The van der Waals surface area contributed by atoms with Gasteiger partial charge in [-0.25, -0.2) is 0 Å². The number of hydrogen-bond donors (Lipinski definition) is 1. The van der Waals surface area contributed by atoms with Crippen LogP contribution in [-0.4, -0.2) is 42.0 Å². The summed E-state index contributed by atoms with van der Waals surface area (Å²) in [6.45, 7) is 2.67. The number of carbonyl (C=O) groups excluding carboxylic acids is 1. The summed E-state index contributed by atoms with van der Waals surface area (Å²) >= 11 is 0. The Kier molecular flexibility index (Phi) is 5.60. The Morgan fingerprint density at radius 3 is 2.35 bits per heavy atom. The lowest BCUT2D eigenvalue weighted by molar-refractivity contribution is -0.384. The Morgan fingerprint density at radius 2 is 1.73 bits per heavy atom. The van der Waals surface area contributed by atoms with Crippen LogP contribution in [-0.2, 0) is 9.53 Å². The van der Waals surface area contributed by atoms with E-state index in [9.17, 15) is 14.9 Å². The highest BCUT2D eigenvalue weighted by Gasteiger charge is 2.16. The van der Waals surface area contributed by atoms with Gasteiger partial charge in [0.15, 0.2) is 0 Å². The van der Waals surface area contributed by atoms with E-state index in [1.807, 2.05) is 30.3 Å². The van der Waals surface area contributed by atoms with Crippen molar-refractivity contribution in [1.29, 1.82) is 0 Å². The summed E-state index contributed by atoms with van der Waals surface area (Å²) in [6, 6.07) is 15.5. The highest BCUT2D eigenvalue weighted by Crippen LogP contribution is 2.21. The minimum absolute atomic E-state index is 0.0168. The minimum Gasteiger partial charge on any atom is -0.378 e. The second-order valence-corrected chi connectivity index (χ2v) is 5.79. The molecule has 0 spiro atoms. The van der Waals surface area contributed by atoms with Crippen molar-refractivity contribution in [3.63, 3.8) is 0 Å². The molecule has 134 valence electrons. The van der Waals surface area contributed by atoms with Crippen molar-refractivity contribution in [2.24, 2.45) is 0 Å². The molecule has 1 fully saturated rings. The van der Waals surface area contributed by atoms with Gasteiger partial charge in [0.2, 0.25) is 5.91 Å². The smallest absolute Gasteiger partial charge is 0.269 e. The second kappa shape index (κ2) is 8.26. The van der Waals surface area contributed by atoms with Crippen molar-refractivity contribution in [3.05, 3.63) is 76.4 Å². The van der Waals surface area contributed by atoms with Crippen LogP contribution in [0.3, 0.4) is 0 Å². The first kappa shape index (κ1) is 17.6. The lowest BCUT2D eigenvalue weighted by Gasteiger charge is -2.31. The number of anilines is 1. The molecule has 0 aliphatic carbocycles. The van der Waals surface area contributed by atoms with E-state index in [0.29, 0.717) is 32.0 Å². The average molecular weight is 353 g/mol. The van der Waals surface area contributed by atoms with Crippen LogP contribution in [0.4, 0.5) is 11.4 Å². The van der Waals surface area contributed by atoms with Gasteiger partial charge in [0, 0.05) is 42.7 Å². The lowest BCUT2D eigenvalue weighted by Crippen LogP contribution is -2.35. The van der Waals surface area contributed by atoms with Crippen molar-refractivity contribution in [2.75, 3.05) is 31.6 Å². The van der Waals surface area contributed by atoms with E-state index < -0.39 is 4.92 Å². The van der Waals surface area contributed by atoms with Crippen molar-refractivity contribution in [2.45, 2.75) is 0 Å². The normalized spacial score (nSPS) is 14.8. The molecule has 7 nitrogen and oxygen atoms in total. The first-order valence-corrected chi connectivity index (χ1v) is 8.29. The molecule has 1 aliphatic heterocycles. The van der Waals surface area contributed by atoms with E-state index in [1.165, 1.54) is 24.3 Å². The molecule has 1 amide bonds. The van der Waals surface area contributed by atoms with E-state index in [2.05, 4.69) is 10.2 Å². The van der Waals surface area contributed by atoms with Gasteiger partial charge in [-0.2, -0.15) is 0 Å². The Hall–Kier alpha value is -3.19. The third kappa shape index (κ3) is 4.46. The Labute approximate surface area is 151 Å². The minimum atomic E-state index is -0.475. The maximum atomic E-state index is 12.5. The zero-order valence-electron chi connectivity index (χ0n) is 14.1. The highest BCUT2D eigenvalue weighted by atomic mass is 16.6. The molecular formula is C19H19N3O4. The summed E-state index contributed by atoms with van der Waals surface area (Å²) in [5.41, 5.74) is 2.27. The van der Waals surface area contributed by atoms with Gasteiger partial charge >= 0.3 is 0 Å². The SMILES string of the molecule is O=C(C=C(c1ccccc1)N1CCOCC1)Nc1ccc([N+](=O)[O-])cc1. The fourth-order valence-corrected chi connectivity index (χ4v) is 2.74. The van der Waals surface area contributed by atoms with Gasteiger partial charge in [0.05, 0.1) is 18.1 Å². The number of nitrogens with zero attached hydrogens (tertiary/aromatic N) is 2. The molecule has 1 aliphatic rings. The molecule has 3 rings (SSSR count). The molecule has 0 saturated carbocycles. The Bertz CT molecular complexity index is 797. The van der Waals surface area contributed by atoms with Crippen LogP contribution in [0.5, 0.6) is 0 Å². The zero-order valence-corrected chi connectivity index (χ0v) is 14.1. The molecule has 0 atom stereocenters. The average Bonchev–Trinajstić information content (AvgIpc) is 2.68. The predicted molar refractivity (Wildman–Crippen MR) is 98.5 cm³/mol. The molecule has 1 saturated heterocycles. The number of nitro groups is 1. The molecule has 0 aromatic heterocycles. The zero-order chi connectivity index (χ0) is 18.4. The number of nitro benzene ring substituents is 1. The van der Waals surface area contributed by atoms with Crippen molar-refractivity contribution in [1.82, 2.24) is 4.90 Å². The van der Waals surface area contributed by atoms with E-state index in [-0.39, 0.29) is 11.6 Å². The number of hydrogen-bond acceptors (Lipinski definition) is 5. The van der Waals surface area contributed by atoms with Gasteiger partial charge in [-0.1, -0.05) is 30.3 Å². The number of non-ortho nitro benzene ring substituents is 1. The van der Waals surface area contributed by atoms with Crippen LogP contribution < -0.4 is 5.32 Å². The molecule has 2 aromatic rings. The van der Waals surface area contributed by atoms with Gasteiger partial charge < -0.3 is 15.0 Å². The van der Waals surface area contributed by atoms with Crippen molar-refractivity contribution >= 4 is 23.0 Å². The fraction of sp³-hybridized carbons (Fsp3) is 0.211. The number of benzene rings is 2. The first-order valence-electron chi connectivity index (χ1n) is 8.29. The molecule has 7 heteroatoms. The van der Waals surface area contributed by atoms with Gasteiger partial charge in [-0.3, -0.25) is 14.9 Å². The number of nitrogens with one attached hydrogen (secondary N) is 1. The van der Waals surface area contributed by atoms with Crippen LogP contribution in [0, 0.1) is 10.1 Å². The van der Waals surface area contributed by atoms with Crippen LogP contribution >= 0.6 is 0 Å². The summed E-state index contributed by atoms with van der Waals surface area (Å²) in [5.74, 6) is -0.288. The summed E-state index contributed by atoms with van der Waals surface area (Å²) in [7, 11) is 0. The van der Waals surface area contributed by atoms with E-state index >= 15 is 0 Å². The van der Waals surface area contributed by atoms with E-state index in [1.54, 1.807) is 6.08 Å². The first-order chi connectivity index (χ1) is 12.6. The molecule has 0 radical (unpaired) electrons. The topological polar surface area (TPSA) is 84.7 Å². The number of amides is 1. The monoisotopic (exact) mass is 353 g/mol. The van der Waals surface area contributed by atoms with Crippen LogP contribution in [0.15, 0.2) is 60.7 Å². The number of ether oxygens (including phenoxy) is 1. The molecule has 2 aromatic carbocycles. The van der Waals surface area contributed by atoms with Crippen molar-refractivity contribution in [3.8, 4) is 0 Å². The molecule has 1 heterocycles. The van der Waals surface area contributed by atoms with Gasteiger partial charge in [0.1, 0.15) is 0 Å². The largest absolute Gasteiger partial charge is 0.378 e. The quantitative estimate of drug-likeness (QED) is 0.507. The maximum absolute atomic E-state index is 12.5. The molecule has 26 heavy (non-hydrogen) atoms. The summed E-state index contributed by atoms with van der Waals surface area (Å²) in [5, 5.41) is 13.5. The van der Waals surface area contributed by atoms with E-state index in [4.69, 9.17) is 4.74 Å². The van der Waals surface area contributed by atoms with Crippen LogP contribution in [0.1, 0.15) is 5.56 Å². The van der Waals surface area contributed by atoms with Crippen molar-refractivity contribution < 1.29 is 14.5 Å². The summed E-state index contributed by atoms with van der Waals surface area (Å²) < 4.78 is 5.39. The standard InChI is InChI=1S/C19H19N3O4/c23-19(20-16-6-8-17(9-7-16)22(24)25)14-18(15-4-2-1-3-5-15)21-10-12-26-13-11-21/h1-9,14H,10-13H2,(H,20,23). The van der Waals surface area contributed by atoms with Gasteiger partial charge in [-0.15, -0.1) is 0 Å². The number of morpholine rings is 1. The van der Waals surface area contributed by atoms with Gasteiger partial charge in [0.25, 0.3) is 5.69 Å². The lowest BCUT2D eigenvalue weighted by atomic mass is 10.1. The fourth-order valence-electron chi connectivity index (χ4n) is 2.74. The number of carbonyl (C=O) groups is 1. The summed E-state index contributed by atoms with van der Waals surface area (Å²) in [4.78, 5) is 24.8. The summed E-state index contributed by atoms with van der Waals surface area (Å²) in [6.07, 6.45) is 1.56. The molecule has 0 unspecified atom stereocenters. The predicted octanol–water partition coefficient (Wildman–Crippen LogP) is 2.91. The molecule has 1 N–H and O–H groups in total. The Balaban J connectivity index is 1.79. The maximum Gasteiger partial charge on any atom is 0.269 e. The third-order valence-corrected chi connectivity index (χ3v) is 4.03.